The molecule has 3 aromatic carbocycles. The predicted octanol–water partition coefficient (Wildman–Crippen LogP) is 4.42. The Morgan fingerprint density at radius 2 is 1.60 bits per heavy atom. The van der Waals surface area contributed by atoms with Crippen molar-refractivity contribution in [3.8, 4) is 11.5 Å². The van der Waals surface area contributed by atoms with Crippen molar-refractivity contribution in [2.45, 2.75) is 44.0 Å². The van der Waals surface area contributed by atoms with E-state index in [9.17, 15) is 19.0 Å². The highest BCUT2D eigenvalue weighted by Gasteiger charge is 2.55. The average Bonchev–Trinajstić information content (AvgIpc) is 3.73. The molecule has 3 heterocycles. The zero-order valence-electron chi connectivity index (χ0n) is 29.5. The Morgan fingerprint density at radius 1 is 1.00 bits per heavy atom. The quantitative estimate of drug-likeness (QED) is 0.0591. The molecule has 1 fully saturated rings. The van der Waals surface area contributed by atoms with Gasteiger partial charge in [-0.15, -0.1) is 9.42 Å². The van der Waals surface area contributed by atoms with Gasteiger partial charge >= 0.3 is 8.25 Å². The van der Waals surface area contributed by atoms with Crippen molar-refractivity contribution in [1.82, 2.24) is 19.5 Å². The van der Waals surface area contributed by atoms with Gasteiger partial charge in [-0.25, -0.2) is 4.98 Å². The minimum Gasteiger partial charge on any atom is -0.497 e. The molecule has 5 atom stereocenters. The molecule has 0 saturated carbocycles. The fourth-order valence-corrected chi connectivity index (χ4v) is 7.18. The van der Waals surface area contributed by atoms with Crippen LogP contribution in [0.25, 0.3) is 11.2 Å². The number of aromatic amines is 1. The molecule has 2 aromatic heterocycles. The number of aromatic nitrogens is 4. The highest BCUT2D eigenvalue weighted by molar-refractivity contribution is 7.72. The van der Waals surface area contributed by atoms with E-state index in [1.165, 1.54) is 10.9 Å². The number of ether oxygens (including phenoxy) is 4. The molecule has 0 spiro atoms. The van der Waals surface area contributed by atoms with Crippen LogP contribution in [0, 0.1) is 5.92 Å². The van der Waals surface area contributed by atoms with E-state index in [4.69, 9.17) is 27.7 Å². The lowest BCUT2D eigenvalue weighted by molar-refractivity contribution is -0.118. The van der Waals surface area contributed by atoms with Crippen molar-refractivity contribution >= 4 is 43.3 Å². The van der Waals surface area contributed by atoms with E-state index < -0.39 is 44.0 Å². The van der Waals surface area contributed by atoms with Crippen LogP contribution in [0.5, 0.6) is 11.5 Å². The molecule has 0 radical (unpaired) electrons. The van der Waals surface area contributed by atoms with Gasteiger partial charge in [0.25, 0.3) is 5.56 Å². The molecule has 15 nitrogen and oxygen atoms in total. The van der Waals surface area contributed by atoms with Gasteiger partial charge in [0, 0.05) is 10.5 Å². The van der Waals surface area contributed by atoms with Gasteiger partial charge in [-0.3, -0.25) is 24.5 Å². The second-order valence-electron chi connectivity index (χ2n) is 12.3. The van der Waals surface area contributed by atoms with Crippen LogP contribution in [0.15, 0.2) is 90.0 Å². The number of H-pyrrole nitrogens is 1. The first-order chi connectivity index (χ1) is 25.6. The van der Waals surface area contributed by atoms with Gasteiger partial charge in [0.1, 0.15) is 41.5 Å². The first-order valence-electron chi connectivity index (χ1n) is 16.6. The lowest BCUT2D eigenvalue weighted by atomic mass is 9.80. The zero-order valence-corrected chi connectivity index (χ0v) is 31.3. The van der Waals surface area contributed by atoms with Gasteiger partial charge < -0.3 is 18.9 Å². The van der Waals surface area contributed by atoms with Crippen molar-refractivity contribution in [2.24, 2.45) is 5.92 Å². The van der Waals surface area contributed by atoms with Crippen LogP contribution in [0.4, 0.5) is 5.95 Å². The number of fused-ring (bicyclic) bond motifs is 1. The van der Waals surface area contributed by atoms with Gasteiger partial charge in [-0.1, -0.05) is 68.4 Å². The van der Waals surface area contributed by atoms with Crippen LogP contribution in [0.2, 0.25) is 0 Å². The van der Waals surface area contributed by atoms with E-state index >= 15 is 0 Å². The molecule has 5 aromatic rings. The third-order valence-electron chi connectivity index (χ3n) is 8.83. The number of imidazole rings is 1. The highest BCUT2D eigenvalue weighted by Crippen LogP contribution is 2.44. The molecule has 278 valence electrons. The number of benzene rings is 3. The summed E-state index contributed by atoms with van der Waals surface area (Å²) in [5.41, 5.74) is 0.543. The number of amides is 1. The molecule has 3 unspecified atom stereocenters. The molecular weight excluding hydrogens is 725 g/mol. The number of carbonyl (C=O) groups is 1. The molecule has 1 aliphatic heterocycles. The molecule has 17 heteroatoms. The molecule has 0 aliphatic carbocycles. The van der Waals surface area contributed by atoms with Crippen LogP contribution in [-0.2, 0) is 45.2 Å². The maximum atomic E-state index is 13.0. The minimum atomic E-state index is -3.13. The van der Waals surface area contributed by atoms with Crippen molar-refractivity contribution < 1.29 is 41.9 Å². The Hall–Kier alpha value is -4.67. The summed E-state index contributed by atoms with van der Waals surface area (Å²) in [5, 5.41) is 2.61. The van der Waals surface area contributed by atoms with Crippen LogP contribution in [0.3, 0.4) is 0 Å². The first kappa shape index (κ1) is 38.1. The Kier molecular flexibility index (Phi) is 11.9. The topological polar surface area (TPSA) is 185 Å². The van der Waals surface area contributed by atoms with Gasteiger partial charge in [0.2, 0.25) is 11.9 Å². The summed E-state index contributed by atoms with van der Waals surface area (Å²) in [5.74, 6) is 0.495. The van der Waals surface area contributed by atoms with Crippen LogP contribution in [-0.4, -0.2) is 75.7 Å². The normalized spacial score (nSPS) is 19.0. The molecule has 1 saturated heterocycles. The van der Waals surface area contributed by atoms with Gasteiger partial charge in [-0.05, 0) is 41.0 Å². The van der Waals surface area contributed by atoms with E-state index in [1.54, 1.807) is 34.3 Å². The van der Waals surface area contributed by atoms with Crippen molar-refractivity contribution in [3.05, 3.63) is 112 Å². The van der Waals surface area contributed by atoms with E-state index in [-0.39, 0.29) is 35.5 Å². The summed E-state index contributed by atoms with van der Waals surface area (Å²) in [6.45, 7) is 3.24. The van der Waals surface area contributed by atoms with Gasteiger partial charge in [0.05, 0.1) is 27.2 Å². The molecule has 6 rings (SSSR count). The SMILES string of the molecule is COc1ccc(C(OC[C@H]2O[C@@H](n3cnc4c(=O)[nH]c(NC(=O)C(C)C)nc43)C(O[SH+]C)C2O[P+](=O)O)(c2ccccc2)c2ccc(OC)cc2)cc1. The Labute approximate surface area is 310 Å². The third-order valence-corrected chi connectivity index (χ3v) is 9.71. The number of anilines is 1. The van der Waals surface area contributed by atoms with Crippen molar-refractivity contribution in [2.75, 3.05) is 32.4 Å². The smallest absolute Gasteiger partial charge is 0.497 e. The number of nitrogens with zero attached hydrogens (tertiary/aromatic N) is 3. The number of nitrogens with one attached hydrogen (secondary N) is 2. The van der Waals surface area contributed by atoms with Crippen LogP contribution in [0.1, 0.15) is 36.8 Å². The standard InChI is InChI=1S/C36H38N5O10PS/c1-21(2)32(42)39-35-38-31-28(33(43)40-35)37-20-41(31)34-30(51-53-5)29(50-52(44)45)27(49-34)19-48-36(22-9-7-6-8-10-22,23-11-15-25(46-3)16-12-23)24-13-17-26(47-4)18-14-24/h6-18,20-21,27,29-30,34H,19H2,1-5H3,(H2-,38,39,40,42,43,44,45)/p+2/t27-,29?,30?,34-/m1/s1. The van der Waals surface area contributed by atoms with Crippen molar-refractivity contribution in [3.63, 3.8) is 0 Å². The molecule has 53 heavy (non-hydrogen) atoms. The third kappa shape index (κ3) is 7.85. The summed E-state index contributed by atoms with van der Waals surface area (Å²) < 4.78 is 50.1. The van der Waals surface area contributed by atoms with Crippen LogP contribution >= 0.6 is 8.25 Å². The van der Waals surface area contributed by atoms with E-state index in [1.807, 2.05) is 78.9 Å². The minimum absolute atomic E-state index is 0.0172. The summed E-state index contributed by atoms with van der Waals surface area (Å²) >= 11 is 0.454. The molecule has 0 bridgehead atoms. The number of hydrogen-bond acceptors (Lipinski definition) is 11. The average molecular weight is 766 g/mol. The summed E-state index contributed by atoms with van der Waals surface area (Å²) in [4.78, 5) is 46.8. The molecule has 1 amide bonds. The zero-order chi connectivity index (χ0) is 37.7. The summed E-state index contributed by atoms with van der Waals surface area (Å²) in [6.07, 6.45) is -1.10. The van der Waals surface area contributed by atoms with E-state index in [2.05, 4.69) is 20.3 Å². The van der Waals surface area contributed by atoms with Crippen LogP contribution < -0.4 is 20.3 Å². The predicted molar refractivity (Wildman–Crippen MR) is 198 cm³/mol. The molecular formula is C36H40N5O10PS+2. The number of rotatable bonds is 15. The van der Waals surface area contributed by atoms with E-state index in [0.717, 1.165) is 16.7 Å². The van der Waals surface area contributed by atoms with Crippen molar-refractivity contribution in [1.29, 1.82) is 0 Å². The summed E-state index contributed by atoms with van der Waals surface area (Å²) in [6, 6.07) is 24.6. The maximum Gasteiger partial charge on any atom is 0.695 e. The fourth-order valence-electron chi connectivity index (χ4n) is 6.25. The lowest BCUT2D eigenvalue weighted by Gasteiger charge is -2.37. The summed E-state index contributed by atoms with van der Waals surface area (Å²) in [7, 11) is 0.0428. The monoisotopic (exact) mass is 765 g/mol. The molecule has 3 N–H and O–H groups in total. The first-order valence-corrected chi connectivity index (χ1v) is 19.0. The van der Waals surface area contributed by atoms with Gasteiger partial charge in [-0.2, -0.15) is 9.17 Å². The number of carbonyl (C=O) groups excluding carboxylic acids is 1. The largest absolute Gasteiger partial charge is 0.695 e. The number of methoxy groups -OCH3 is 2. The molecule has 1 aliphatic rings. The second kappa shape index (κ2) is 16.6. The highest BCUT2D eigenvalue weighted by atomic mass is 32.2. The Bertz CT molecular complexity index is 2050. The Morgan fingerprint density at radius 3 is 2.15 bits per heavy atom. The van der Waals surface area contributed by atoms with E-state index in [0.29, 0.717) is 23.5 Å². The second-order valence-corrected chi connectivity index (χ2v) is 13.6. The van der Waals surface area contributed by atoms with Gasteiger partial charge in [0.15, 0.2) is 29.6 Å². The maximum absolute atomic E-state index is 13.0. The number of hydrogen-bond donors (Lipinski definition) is 3. The lowest BCUT2D eigenvalue weighted by Crippen LogP contribution is -2.40. The number of thiol groups is 1. The fraction of sp³-hybridized carbons (Fsp3) is 0.333. The Balaban J connectivity index is 1.44.